The molecule has 0 saturated heterocycles. The summed E-state index contributed by atoms with van der Waals surface area (Å²) in [5.74, 6) is 3.78. The third-order valence-corrected chi connectivity index (χ3v) is 7.39. The van der Waals surface area contributed by atoms with Crippen molar-refractivity contribution in [3.05, 3.63) is 83.7 Å². The highest BCUT2D eigenvalue weighted by Crippen LogP contribution is 2.36. The first-order valence-electron chi connectivity index (χ1n) is 13.8. The summed E-state index contributed by atoms with van der Waals surface area (Å²) in [5, 5.41) is 0. The minimum absolute atomic E-state index is 0.558. The Hall–Kier alpha value is -5.90. The fraction of sp³-hybridized carbons (Fsp3) is 0.118. The average molecular weight is 585 g/mol. The van der Waals surface area contributed by atoms with Crippen molar-refractivity contribution >= 4 is 46.6 Å². The highest BCUT2D eigenvalue weighted by atomic mass is 16.5. The van der Waals surface area contributed by atoms with E-state index in [1.807, 2.05) is 85.0 Å². The van der Waals surface area contributed by atoms with Crippen molar-refractivity contribution in [2.75, 3.05) is 28.4 Å². The lowest BCUT2D eigenvalue weighted by atomic mass is 10.0. The summed E-state index contributed by atoms with van der Waals surface area (Å²) in [5.41, 5.74) is 7.83. The van der Waals surface area contributed by atoms with Gasteiger partial charge in [0.2, 0.25) is 0 Å². The lowest BCUT2D eigenvalue weighted by Gasteiger charge is -2.09. The first-order chi connectivity index (χ1) is 21.5. The van der Waals surface area contributed by atoms with Gasteiger partial charge in [-0.25, -0.2) is 19.9 Å². The summed E-state index contributed by atoms with van der Waals surface area (Å²) in [6.45, 7) is 0. The predicted octanol–water partition coefficient (Wildman–Crippen LogP) is 6.81. The number of methoxy groups -OCH3 is 4. The summed E-state index contributed by atoms with van der Waals surface area (Å²) in [7, 11) is 6.52. The third-order valence-electron chi connectivity index (χ3n) is 7.39. The number of nitrogens with zero attached hydrogens (tertiary/aromatic N) is 4. The monoisotopic (exact) mass is 584 g/mol. The standard InChI is InChI=1S/C34H28N6O4/c1-41-21-13-19(14-22(17-21)42-2)33-25-5-9-29(35-25)39-31-11-7-27(37-31)34(20-15-23(43-3)18-24(16-20)44-4)28-8-12-32(38-28)40-30-10-6-26(33)36-30/h5-18H,1-4H3,(H,35,37,39)(H,36,38,40). The van der Waals surface area contributed by atoms with Crippen LogP contribution < -0.4 is 18.9 Å². The summed E-state index contributed by atoms with van der Waals surface area (Å²) < 4.78 is 22.3. The van der Waals surface area contributed by atoms with E-state index in [0.29, 0.717) is 45.9 Å². The van der Waals surface area contributed by atoms with Crippen LogP contribution in [0.15, 0.2) is 60.7 Å². The highest BCUT2D eigenvalue weighted by molar-refractivity contribution is 5.92. The maximum Gasteiger partial charge on any atom is 0.155 e. The van der Waals surface area contributed by atoms with Gasteiger partial charge in [-0.15, -0.1) is 0 Å². The second-order valence-electron chi connectivity index (χ2n) is 10.1. The van der Waals surface area contributed by atoms with E-state index in [9.17, 15) is 0 Å². The van der Waals surface area contributed by atoms with Crippen molar-refractivity contribution in [1.29, 1.82) is 0 Å². The van der Waals surface area contributed by atoms with Crippen molar-refractivity contribution in [3.63, 3.8) is 0 Å². The zero-order chi connectivity index (χ0) is 30.2. The first-order valence-corrected chi connectivity index (χ1v) is 13.8. The normalized spacial score (nSPS) is 11.9. The molecule has 5 aromatic rings. The Bertz CT molecular complexity index is 1950. The van der Waals surface area contributed by atoms with Crippen molar-refractivity contribution < 1.29 is 18.9 Å². The van der Waals surface area contributed by atoms with Gasteiger partial charge in [0.05, 0.1) is 39.8 Å². The zero-order valence-electron chi connectivity index (χ0n) is 24.5. The topological polar surface area (TPSA) is 120 Å². The number of H-pyrrole nitrogens is 2. The van der Waals surface area contributed by atoms with Crippen molar-refractivity contribution in [2.45, 2.75) is 0 Å². The van der Waals surface area contributed by atoms with Crippen LogP contribution in [-0.2, 0) is 0 Å². The SMILES string of the molecule is COc1cc(OC)cc(-c2c3nc(nc4ccc([nH]4)c(-c4cc(OC)cc(OC)c4)c4nc(nc5ccc2[nH]5)C=C4)C=C3)c1. The lowest BCUT2D eigenvalue weighted by molar-refractivity contribution is 0.394. The number of hydrogen-bond donors (Lipinski definition) is 2. The van der Waals surface area contributed by atoms with Gasteiger partial charge in [0, 0.05) is 34.3 Å². The maximum atomic E-state index is 5.56. The van der Waals surface area contributed by atoms with Crippen LogP contribution in [0.5, 0.6) is 23.0 Å². The Morgan fingerprint density at radius 2 is 0.841 bits per heavy atom. The molecule has 0 atom stereocenters. The predicted molar refractivity (Wildman–Crippen MR) is 172 cm³/mol. The molecule has 218 valence electrons. The molecular weight excluding hydrogens is 556 g/mol. The van der Waals surface area contributed by atoms with Gasteiger partial charge in [0.25, 0.3) is 0 Å². The van der Waals surface area contributed by atoms with E-state index in [2.05, 4.69) is 9.97 Å². The molecule has 10 heteroatoms. The van der Waals surface area contributed by atoms with Crippen LogP contribution >= 0.6 is 0 Å². The van der Waals surface area contributed by atoms with Gasteiger partial charge in [0.15, 0.2) is 11.6 Å². The van der Waals surface area contributed by atoms with Crippen molar-refractivity contribution in [3.8, 4) is 45.3 Å². The van der Waals surface area contributed by atoms with E-state index in [1.165, 1.54) is 0 Å². The molecule has 0 spiro atoms. The molecule has 8 bridgehead atoms. The molecule has 10 nitrogen and oxygen atoms in total. The van der Waals surface area contributed by atoms with Crippen LogP contribution in [0.1, 0.15) is 23.0 Å². The number of fused-ring (bicyclic) bond motifs is 8. The Balaban J connectivity index is 1.54. The van der Waals surface area contributed by atoms with Gasteiger partial charge in [-0.3, -0.25) is 0 Å². The van der Waals surface area contributed by atoms with Crippen molar-refractivity contribution in [1.82, 2.24) is 29.9 Å². The fourth-order valence-corrected chi connectivity index (χ4v) is 5.33. The Kier molecular flexibility index (Phi) is 6.78. The van der Waals surface area contributed by atoms with E-state index in [4.69, 9.17) is 38.9 Å². The number of ether oxygens (including phenoxy) is 4. The molecule has 2 N–H and O–H groups in total. The summed E-state index contributed by atoms with van der Waals surface area (Å²) in [6, 6.07) is 19.3. The molecule has 0 radical (unpaired) electrons. The van der Waals surface area contributed by atoms with Crippen LogP contribution in [0, 0.1) is 0 Å². The summed E-state index contributed by atoms with van der Waals surface area (Å²) >= 11 is 0. The van der Waals surface area contributed by atoms with E-state index in [1.54, 1.807) is 28.4 Å². The second-order valence-corrected chi connectivity index (χ2v) is 10.1. The highest BCUT2D eigenvalue weighted by Gasteiger charge is 2.16. The van der Waals surface area contributed by atoms with Crippen molar-refractivity contribution in [2.24, 2.45) is 0 Å². The summed E-state index contributed by atoms with van der Waals surface area (Å²) in [4.78, 5) is 26.3. The molecule has 5 heterocycles. The number of hydrogen-bond acceptors (Lipinski definition) is 8. The molecule has 0 fully saturated rings. The number of aromatic nitrogens is 6. The molecule has 3 aromatic heterocycles. The number of aromatic amines is 2. The summed E-state index contributed by atoms with van der Waals surface area (Å²) in [6.07, 6.45) is 7.68. The Labute approximate surface area is 252 Å². The largest absolute Gasteiger partial charge is 0.497 e. The third kappa shape index (κ3) is 5.02. The molecule has 0 unspecified atom stereocenters. The van der Waals surface area contributed by atoms with Crippen LogP contribution in [0.25, 0.3) is 68.9 Å². The zero-order valence-corrected chi connectivity index (χ0v) is 24.5. The van der Waals surface area contributed by atoms with E-state index < -0.39 is 0 Å². The minimum Gasteiger partial charge on any atom is -0.497 e. The molecule has 2 aromatic carbocycles. The molecule has 0 amide bonds. The number of nitrogens with one attached hydrogen (secondary N) is 2. The number of rotatable bonds is 6. The molecule has 2 aliphatic heterocycles. The molecular formula is C34H28N6O4. The smallest absolute Gasteiger partial charge is 0.155 e. The van der Waals surface area contributed by atoms with E-state index >= 15 is 0 Å². The van der Waals surface area contributed by atoms with Gasteiger partial charge in [-0.1, -0.05) is 0 Å². The second kappa shape index (κ2) is 11.1. The van der Waals surface area contributed by atoms with Gasteiger partial charge in [-0.2, -0.15) is 0 Å². The minimum atomic E-state index is 0.558. The van der Waals surface area contributed by atoms with Crippen LogP contribution in [0.3, 0.4) is 0 Å². The van der Waals surface area contributed by atoms with Gasteiger partial charge in [0.1, 0.15) is 34.3 Å². The molecule has 0 aliphatic carbocycles. The lowest BCUT2D eigenvalue weighted by Crippen LogP contribution is -1.92. The molecule has 2 aliphatic rings. The molecule has 44 heavy (non-hydrogen) atoms. The molecule has 0 saturated carbocycles. The maximum absolute atomic E-state index is 5.56. The van der Waals surface area contributed by atoms with Crippen LogP contribution in [0.4, 0.5) is 0 Å². The quantitative estimate of drug-likeness (QED) is 0.219. The van der Waals surface area contributed by atoms with Gasteiger partial charge >= 0.3 is 0 Å². The Morgan fingerprint density at radius 1 is 0.455 bits per heavy atom. The number of benzene rings is 2. The van der Waals surface area contributed by atoms with Gasteiger partial charge in [-0.05, 0) is 84.0 Å². The first kappa shape index (κ1) is 27.0. The fourth-order valence-electron chi connectivity index (χ4n) is 5.33. The van der Waals surface area contributed by atoms with E-state index in [0.717, 1.165) is 44.7 Å². The van der Waals surface area contributed by atoms with Crippen LogP contribution in [0.2, 0.25) is 0 Å². The average Bonchev–Trinajstić information content (AvgIpc) is 3.87. The van der Waals surface area contributed by atoms with Gasteiger partial charge < -0.3 is 28.9 Å². The van der Waals surface area contributed by atoms with E-state index in [-0.39, 0.29) is 0 Å². The van der Waals surface area contributed by atoms with Crippen LogP contribution in [-0.4, -0.2) is 58.3 Å². The Morgan fingerprint density at radius 3 is 1.20 bits per heavy atom. The molecule has 7 rings (SSSR count).